The van der Waals surface area contributed by atoms with Gasteiger partial charge in [-0.25, -0.2) is 9.18 Å². The van der Waals surface area contributed by atoms with Gasteiger partial charge in [-0.2, -0.15) is 0 Å². The number of aliphatic hydroxyl groups excluding tert-OH is 1. The predicted molar refractivity (Wildman–Crippen MR) is 69.2 cm³/mol. The maximum absolute atomic E-state index is 12.9. The maximum Gasteiger partial charge on any atom is 0.337 e. The number of esters is 1. The average molecular weight is 262 g/mol. The van der Waals surface area contributed by atoms with Crippen molar-refractivity contribution < 1.29 is 19.0 Å². The normalized spacial score (nSPS) is 19.5. The molecule has 1 aliphatic carbocycles. The number of methoxy groups -OCH3 is 1. The van der Waals surface area contributed by atoms with E-state index in [4.69, 9.17) is 0 Å². The molecule has 1 N–H and O–H groups in total. The van der Waals surface area contributed by atoms with E-state index < -0.39 is 5.97 Å². The number of ether oxygens (including phenoxy) is 1. The highest BCUT2D eigenvalue weighted by Gasteiger charge is 2.29. The van der Waals surface area contributed by atoms with Crippen LogP contribution in [0.15, 0.2) is 47.7 Å². The van der Waals surface area contributed by atoms with Gasteiger partial charge in [-0.05, 0) is 42.0 Å². The molecule has 1 aromatic carbocycles. The summed E-state index contributed by atoms with van der Waals surface area (Å²) < 4.78 is 17.6. The predicted octanol–water partition coefficient (Wildman–Crippen LogP) is 3.24. The SMILES string of the molecule is C=C1C[C@@H](c2ccc(F)cc2)CC(C(=O)OC)=C1O. The van der Waals surface area contributed by atoms with Gasteiger partial charge in [0.05, 0.1) is 12.7 Å². The number of aliphatic hydroxyl groups is 1. The van der Waals surface area contributed by atoms with Crippen molar-refractivity contribution in [3.05, 3.63) is 59.1 Å². The zero-order chi connectivity index (χ0) is 14.0. The van der Waals surface area contributed by atoms with E-state index in [0.717, 1.165) is 5.56 Å². The fourth-order valence-electron chi connectivity index (χ4n) is 2.30. The Morgan fingerprint density at radius 1 is 1.37 bits per heavy atom. The van der Waals surface area contributed by atoms with E-state index in [1.165, 1.54) is 19.2 Å². The zero-order valence-corrected chi connectivity index (χ0v) is 10.6. The van der Waals surface area contributed by atoms with E-state index in [9.17, 15) is 14.3 Å². The van der Waals surface area contributed by atoms with Crippen molar-refractivity contribution in [1.82, 2.24) is 0 Å². The lowest BCUT2D eigenvalue weighted by molar-refractivity contribution is -0.136. The highest BCUT2D eigenvalue weighted by atomic mass is 19.1. The molecular formula is C15H15FO3. The van der Waals surface area contributed by atoms with E-state index in [1.54, 1.807) is 12.1 Å². The van der Waals surface area contributed by atoms with Crippen molar-refractivity contribution in [2.45, 2.75) is 18.8 Å². The van der Waals surface area contributed by atoms with Crippen molar-refractivity contribution in [3.8, 4) is 0 Å². The van der Waals surface area contributed by atoms with Gasteiger partial charge in [-0.3, -0.25) is 0 Å². The molecule has 0 saturated carbocycles. The van der Waals surface area contributed by atoms with Gasteiger partial charge in [0.15, 0.2) is 0 Å². The first kappa shape index (κ1) is 13.3. The van der Waals surface area contributed by atoms with Gasteiger partial charge < -0.3 is 9.84 Å². The van der Waals surface area contributed by atoms with Crippen LogP contribution in [0.25, 0.3) is 0 Å². The number of carbonyl (C=O) groups is 1. The van der Waals surface area contributed by atoms with Crippen LogP contribution in [0.4, 0.5) is 4.39 Å². The Balaban J connectivity index is 2.30. The summed E-state index contributed by atoms with van der Waals surface area (Å²) in [5, 5.41) is 9.87. The third kappa shape index (κ3) is 2.67. The Morgan fingerprint density at radius 2 is 2.00 bits per heavy atom. The number of rotatable bonds is 2. The monoisotopic (exact) mass is 262 g/mol. The van der Waals surface area contributed by atoms with Crippen LogP contribution < -0.4 is 0 Å². The Kier molecular flexibility index (Phi) is 3.69. The molecule has 100 valence electrons. The Bertz CT molecular complexity index is 543. The minimum absolute atomic E-state index is 0.00176. The summed E-state index contributed by atoms with van der Waals surface area (Å²) in [7, 11) is 1.27. The van der Waals surface area contributed by atoms with Gasteiger partial charge >= 0.3 is 5.97 Å². The molecule has 0 unspecified atom stereocenters. The molecular weight excluding hydrogens is 247 g/mol. The summed E-state index contributed by atoms with van der Waals surface area (Å²) in [6, 6.07) is 6.14. The Labute approximate surface area is 111 Å². The molecule has 4 heteroatoms. The van der Waals surface area contributed by atoms with E-state index in [1.807, 2.05) is 0 Å². The number of benzene rings is 1. The molecule has 0 aliphatic heterocycles. The molecule has 1 aliphatic rings. The number of carbonyl (C=O) groups excluding carboxylic acids is 1. The minimum atomic E-state index is -0.550. The van der Waals surface area contributed by atoms with Gasteiger partial charge in [0.25, 0.3) is 0 Å². The average Bonchev–Trinajstić information content (AvgIpc) is 2.41. The van der Waals surface area contributed by atoms with Gasteiger partial charge in [-0.15, -0.1) is 0 Å². The molecule has 0 fully saturated rings. The second kappa shape index (κ2) is 5.26. The van der Waals surface area contributed by atoms with Gasteiger partial charge in [-0.1, -0.05) is 18.7 Å². The molecule has 2 rings (SSSR count). The van der Waals surface area contributed by atoms with Crippen LogP contribution >= 0.6 is 0 Å². The largest absolute Gasteiger partial charge is 0.507 e. The fourth-order valence-corrected chi connectivity index (χ4v) is 2.30. The number of hydrogen-bond acceptors (Lipinski definition) is 3. The maximum atomic E-state index is 12.9. The fraction of sp³-hybridized carbons (Fsp3) is 0.267. The van der Waals surface area contributed by atoms with E-state index in [0.29, 0.717) is 18.4 Å². The van der Waals surface area contributed by atoms with Crippen molar-refractivity contribution in [1.29, 1.82) is 0 Å². The second-order valence-electron chi connectivity index (χ2n) is 4.58. The lowest BCUT2D eigenvalue weighted by atomic mass is 9.81. The first-order valence-corrected chi connectivity index (χ1v) is 5.97. The summed E-state index contributed by atoms with van der Waals surface area (Å²) in [6.45, 7) is 3.77. The molecule has 1 atom stereocenters. The van der Waals surface area contributed by atoms with Gasteiger partial charge in [0, 0.05) is 0 Å². The van der Waals surface area contributed by atoms with Crippen molar-refractivity contribution in [2.75, 3.05) is 7.11 Å². The van der Waals surface area contributed by atoms with Crippen molar-refractivity contribution in [3.63, 3.8) is 0 Å². The van der Waals surface area contributed by atoms with Gasteiger partial charge in [0.2, 0.25) is 0 Å². The summed E-state index contributed by atoms with van der Waals surface area (Å²) in [5.74, 6) is -0.932. The molecule has 3 nitrogen and oxygen atoms in total. The topological polar surface area (TPSA) is 46.5 Å². The number of hydrogen-bond donors (Lipinski definition) is 1. The third-order valence-corrected chi connectivity index (χ3v) is 3.34. The van der Waals surface area contributed by atoms with Crippen LogP contribution in [0.2, 0.25) is 0 Å². The first-order valence-electron chi connectivity index (χ1n) is 5.97. The summed E-state index contributed by atoms with van der Waals surface area (Å²) in [4.78, 5) is 11.6. The smallest absolute Gasteiger partial charge is 0.337 e. The van der Waals surface area contributed by atoms with E-state index in [2.05, 4.69) is 11.3 Å². The number of allylic oxidation sites excluding steroid dienone is 1. The highest BCUT2D eigenvalue weighted by molar-refractivity contribution is 5.90. The molecule has 1 aromatic rings. The van der Waals surface area contributed by atoms with Crippen molar-refractivity contribution in [2.24, 2.45) is 0 Å². The second-order valence-corrected chi connectivity index (χ2v) is 4.58. The Morgan fingerprint density at radius 3 is 2.58 bits per heavy atom. The first-order chi connectivity index (χ1) is 9.02. The summed E-state index contributed by atoms with van der Waals surface area (Å²) in [6.07, 6.45) is 0.904. The molecule has 0 saturated heterocycles. The van der Waals surface area contributed by atoms with Gasteiger partial charge in [0.1, 0.15) is 11.6 Å². The number of halogens is 1. The quantitative estimate of drug-likeness (QED) is 0.832. The van der Waals surface area contributed by atoms with Crippen LogP contribution in [0, 0.1) is 5.82 Å². The Hall–Kier alpha value is -2.10. The third-order valence-electron chi connectivity index (χ3n) is 3.34. The summed E-state index contributed by atoms with van der Waals surface area (Å²) >= 11 is 0. The molecule has 0 radical (unpaired) electrons. The lowest BCUT2D eigenvalue weighted by Crippen LogP contribution is -2.18. The zero-order valence-electron chi connectivity index (χ0n) is 10.6. The standard InChI is InChI=1S/C15H15FO3/c1-9-7-11(10-3-5-12(16)6-4-10)8-13(14(9)17)15(18)19-2/h3-6,11,17H,1,7-8H2,2H3/t11-/m1/s1. The van der Waals surface area contributed by atoms with Crippen LogP contribution in [0.1, 0.15) is 24.3 Å². The van der Waals surface area contributed by atoms with E-state index >= 15 is 0 Å². The van der Waals surface area contributed by atoms with Crippen LogP contribution in [-0.2, 0) is 9.53 Å². The molecule has 0 amide bonds. The molecule has 0 heterocycles. The van der Waals surface area contributed by atoms with E-state index in [-0.39, 0.29) is 23.1 Å². The molecule has 0 aromatic heterocycles. The molecule has 19 heavy (non-hydrogen) atoms. The minimum Gasteiger partial charge on any atom is -0.507 e. The highest BCUT2D eigenvalue weighted by Crippen LogP contribution is 2.38. The van der Waals surface area contributed by atoms with Crippen LogP contribution in [0.5, 0.6) is 0 Å². The summed E-state index contributed by atoms with van der Waals surface area (Å²) in [5.41, 5.74) is 1.64. The molecule has 0 spiro atoms. The van der Waals surface area contributed by atoms with Crippen LogP contribution in [0.3, 0.4) is 0 Å². The molecule has 0 bridgehead atoms. The van der Waals surface area contributed by atoms with Crippen molar-refractivity contribution >= 4 is 5.97 Å². The lowest BCUT2D eigenvalue weighted by Gasteiger charge is -2.25. The van der Waals surface area contributed by atoms with Crippen LogP contribution in [-0.4, -0.2) is 18.2 Å².